The number of hydrogen-bond donors (Lipinski definition) is 1. The first-order chi connectivity index (χ1) is 6.64. The standard InChI is InChI=1S/C8H14N2O3S/c9-4-2-5-10-14(11,12)7-8-3-1-6-13-8/h8,10H,1-3,5-7H2. The van der Waals surface area contributed by atoms with Crippen LogP contribution in [0.2, 0.25) is 0 Å². The normalized spacial score (nSPS) is 22.1. The van der Waals surface area contributed by atoms with Crippen LogP contribution in [0.5, 0.6) is 0 Å². The Morgan fingerprint density at radius 2 is 2.36 bits per heavy atom. The minimum Gasteiger partial charge on any atom is -0.377 e. The van der Waals surface area contributed by atoms with Crippen molar-refractivity contribution in [1.29, 1.82) is 5.26 Å². The summed E-state index contributed by atoms with van der Waals surface area (Å²) in [5.41, 5.74) is 0. The van der Waals surface area contributed by atoms with E-state index in [1.54, 1.807) is 0 Å². The fraction of sp³-hybridized carbons (Fsp3) is 0.875. The summed E-state index contributed by atoms with van der Waals surface area (Å²) in [5, 5.41) is 8.24. The zero-order chi connectivity index (χ0) is 10.4. The summed E-state index contributed by atoms with van der Waals surface area (Å²) in [4.78, 5) is 0. The van der Waals surface area contributed by atoms with Crippen LogP contribution in [0.15, 0.2) is 0 Å². The smallest absolute Gasteiger partial charge is 0.214 e. The molecule has 0 aromatic heterocycles. The molecule has 14 heavy (non-hydrogen) atoms. The van der Waals surface area contributed by atoms with E-state index in [0.29, 0.717) is 6.61 Å². The van der Waals surface area contributed by atoms with Crippen LogP contribution in [0.1, 0.15) is 19.3 Å². The molecule has 0 saturated carbocycles. The summed E-state index contributed by atoms with van der Waals surface area (Å²) in [5.74, 6) is 0.0123. The van der Waals surface area contributed by atoms with Crippen LogP contribution in [0.25, 0.3) is 0 Å². The highest BCUT2D eigenvalue weighted by Crippen LogP contribution is 2.13. The van der Waals surface area contributed by atoms with Gasteiger partial charge in [0.05, 0.1) is 17.9 Å². The van der Waals surface area contributed by atoms with E-state index >= 15 is 0 Å². The third-order valence-electron chi connectivity index (χ3n) is 1.99. The number of nitrogens with zero attached hydrogens (tertiary/aromatic N) is 1. The van der Waals surface area contributed by atoms with Crippen molar-refractivity contribution in [1.82, 2.24) is 4.72 Å². The van der Waals surface area contributed by atoms with Crippen molar-refractivity contribution in [3.8, 4) is 6.07 Å². The first-order valence-electron chi connectivity index (χ1n) is 4.60. The molecule has 1 fully saturated rings. The Morgan fingerprint density at radius 3 is 2.93 bits per heavy atom. The fourth-order valence-electron chi connectivity index (χ4n) is 1.34. The second-order valence-electron chi connectivity index (χ2n) is 3.22. The van der Waals surface area contributed by atoms with Crippen LogP contribution < -0.4 is 4.72 Å². The molecule has 1 N–H and O–H groups in total. The van der Waals surface area contributed by atoms with Gasteiger partial charge in [0.2, 0.25) is 10.0 Å². The number of nitrogens with one attached hydrogen (secondary N) is 1. The lowest BCUT2D eigenvalue weighted by atomic mass is 10.3. The number of hydrogen-bond acceptors (Lipinski definition) is 4. The Bertz CT molecular complexity index is 301. The van der Waals surface area contributed by atoms with E-state index in [2.05, 4.69) is 4.72 Å². The Morgan fingerprint density at radius 1 is 1.57 bits per heavy atom. The van der Waals surface area contributed by atoms with E-state index in [-0.39, 0.29) is 24.8 Å². The van der Waals surface area contributed by atoms with Gasteiger partial charge in [0.1, 0.15) is 0 Å². The van der Waals surface area contributed by atoms with Crippen LogP contribution in [0.3, 0.4) is 0 Å². The maximum Gasteiger partial charge on any atom is 0.214 e. The minimum atomic E-state index is -3.26. The van der Waals surface area contributed by atoms with Crippen molar-refractivity contribution in [2.24, 2.45) is 0 Å². The Labute approximate surface area is 84.1 Å². The predicted molar refractivity (Wildman–Crippen MR) is 51.0 cm³/mol. The molecule has 6 heteroatoms. The van der Waals surface area contributed by atoms with Gasteiger partial charge in [-0.1, -0.05) is 0 Å². The van der Waals surface area contributed by atoms with Gasteiger partial charge in [-0.15, -0.1) is 0 Å². The average molecular weight is 218 g/mol. The molecule has 1 aliphatic heterocycles. The summed E-state index contributed by atoms with van der Waals surface area (Å²) in [6.07, 6.45) is 1.76. The third-order valence-corrected chi connectivity index (χ3v) is 3.44. The second kappa shape index (κ2) is 5.29. The lowest BCUT2D eigenvalue weighted by Crippen LogP contribution is -2.32. The van der Waals surface area contributed by atoms with E-state index in [4.69, 9.17) is 10.00 Å². The summed E-state index contributed by atoms with van der Waals surface area (Å²) in [6.45, 7) is 0.837. The molecule has 1 rings (SSSR count). The van der Waals surface area contributed by atoms with E-state index < -0.39 is 10.0 Å². The fourth-order valence-corrected chi connectivity index (χ4v) is 2.63. The van der Waals surface area contributed by atoms with Gasteiger partial charge in [0, 0.05) is 19.6 Å². The van der Waals surface area contributed by atoms with Gasteiger partial charge in [-0.05, 0) is 12.8 Å². The lowest BCUT2D eigenvalue weighted by molar-refractivity contribution is 0.127. The summed E-state index contributed by atoms with van der Waals surface area (Å²) < 4.78 is 30.3. The molecule has 0 aliphatic carbocycles. The molecule has 0 aromatic rings. The van der Waals surface area contributed by atoms with Gasteiger partial charge < -0.3 is 4.74 Å². The number of nitriles is 1. The highest BCUT2D eigenvalue weighted by Gasteiger charge is 2.22. The molecule has 5 nitrogen and oxygen atoms in total. The van der Waals surface area contributed by atoms with Crippen LogP contribution in [-0.4, -0.2) is 33.4 Å². The SMILES string of the molecule is N#CCCNS(=O)(=O)CC1CCCO1. The van der Waals surface area contributed by atoms with Gasteiger partial charge in [0.15, 0.2) is 0 Å². The Kier molecular flexibility index (Phi) is 4.32. The van der Waals surface area contributed by atoms with Gasteiger partial charge >= 0.3 is 0 Å². The monoisotopic (exact) mass is 218 g/mol. The van der Waals surface area contributed by atoms with Crippen LogP contribution >= 0.6 is 0 Å². The summed E-state index contributed by atoms with van der Waals surface area (Å²) in [6, 6.07) is 1.88. The molecule has 1 heterocycles. The topological polar surface area (TPSA) is 79.2 Å². The summed E-state index contributed by atoms with van der Waals surface area (Å²) in [7, 11) is -3.26. The van der Waals surface area contributed by atoms with Gasteiger partial charge in [-0.25, -0.2) is 13.1 Å². The highest BCUT2D eigenvalue weighted by molar-refractivity contribution is 7.89. The van der Waals surface area contributed by atoms with Crippen molar-refractivity contribution < 1.29 is 13.2 Å². The van der Waals surface area contributed by atoms with Gasteiger partial charge in [-0.3, -0.25) is 0 Å². The maximum atomic E-state index is 11.4. The number of ether oxygens (including phenoxy) is 1. The predicted octanol–water partition coefficient (Wildman–Crippen LogP) is -0.00152. The number of rotatable bonds is 5. The molecule has 1 aliphatic rings. The molecule has 0 amide bonds. The zero-order valence-electron chi connectivity index (χ0n) is 7.90. The van der Waals surface area contributed by atoms with E-state index in [9.17, 15) is 8.42 Å². The molecule has 80 valence electrons. The molecular weight excluding hydrogens is 204 g/mol. The molecule has 1 unspecified atom stereocenters. The first kappa shape index (κ1) is 11.4. The minimum absolute atomic E-state index is 0.0123. The van der Waals surface area contributed by atoms with E-state index in [1.165, 1.54) is 0 Å². The average Bonchev–Trinajstić information content (AvgIpc) is 2.56. The molecule has 0 aromatic carbocycles. The van der Waals surface area contributed by atoms with Crippen LogP contribution in [-0.2, 0) is 14.8 Å². The lowest BCUT2D eigenvalue weighted by Gasteiger charge is -2.09. The largest absolute Gasteiger partial charge is 0.377 e. The number of sulfonamides is 1. The Hall–Kier alpha value is -0.640. The Balaban J connectivity index is 2.30. The quantitative estimate of drug-likeness (QED) is 0.659. The summed E-state index contributed by atoms with van der Waals surface area (Å²) >= 11 is 0. The van der Waals surface area contributed by atoms with Gasteiger partial charge in [0.25, 0.3) is 0 Å². The highest BCUT2D eigenvalue weighted by atomic mass is 32.2. The molecule has 1 saturated heterocycles. The molecular formula is C8H14N2O3S. The van der Waals surface area contributed by atoms with Gasteiger partial charge in [-0.2, -0.15) is 5.26 Å². The second-order valence-corrected chi connectivity index (χ2v) is 5.07. The van der Waals surface area contributed by atoms with Crippen molar-refractivity contribution in [3.05, 3.63) is 0 Å². The van der Waals surface area contributed by atoms with E-state index in [1.807, 2.05) is 6.07 Å². The third kappa shape index (κ3) is 4.05. The van der Waals surface area contributed by atoms with Crippen molar-refractivity contribution in [2.45, 2.75) is 25.4 Å². The van der Waals surface area contributed by atoms with Crippen LogP contribution in [0.4, 0.5) is 0 Å². The molecule has 0 spiro atoms. The van der Waals surface area contributed by atoms with Crippen molar-refractivity contribution in [3.63, 3.8) is 0 Å². The zero-order valence-corrected chi connectivity index (χ0v) is 8.72. The molecule has 1 atom stereocenters. The van der Waals surface area contributed by atoms with Crippen molar-refractivity contribution >= 4 is 10.0 Å². The van der Waals surface area contributed by atoms with Crippen molar-refractivity contribution in [2.75, 3.05) is 18.9 Å². The maximum absolute atomic E-state index is 11.4. The first-order valence-corrected chi connectivity index (χ1v) is 6.25. The van der Waals surface area contributed by atoms with E-state index in [0.717, 1.165) is 12.8 Å². The molecule has 0 bridgehead atoms. The van der Waals surface area contributed by atoms with Crippen LogP contribution in [0, 0.1) is 11.3 Å². The molecule has 0 radical (unpaired) electrons.